The summed E-state index contributed by atoms with van der Waals surface area (Å²) in [5.41, 5.74) is -2.45. The molecule has 1 aliphatic rings. The van der Waals surface area contributed by atoms with Crippen molar-refractivity contribution in [3.8, 4) is 17.0 Å². The number of aromatic nitrogens is 3. The van der Waals surface area contributed by atoms with Crippen molar-refractivity contribution in [1.82, 2.24) is 24.8 Å². The molecule has 2 aromatic heterocycles. The summed E-state index contributed by atoms with van der Waals surface area (Å²) in [6.07, 6.45) is -1.29. The zero-order valence-electron chi connectivity index (χ0n) is 22.0. The Labute approximate surface area is 235 Å². The van der Waals surface area contributed by atoms with Crippen LogP contribution in [-0.2, 0) is 24.2 Å². The predicted octanol–water partition coefficient (Wildman–Crippen LogP) is 5.37. The van der Waals surface area contributed by atoms with Crippen LogP contribution in [0.5, 0.6) is 5.75 Å². The predicted molar refractivity (Wildman–Crippen MR) is 138 cm³/mol. The number of halogens is 6. The van der Waals surface area contributed by atoms with Crippen molar-refractivity contribution in [1.29, 1.82) is 0 Å². The molecule has 1 atom stereocenters. The minimum Gasteiger partial charge on any atom is -0.434 e. The zero-order chi connectivity index (χ0) is 29.8. The number of amides is 1. The Kier molecular flexibility index (Phi) is 10.5. The SMILES string of the molecule is CCn1nc(C(=O)NCC2CCC(NS(=O)O)CC2)c(Cl)c1-c1cnc(CC(C)(C)C(F)(F)F)cc1OC(F)F. The van der Waals surface area contributed by atoms with Gasteiger partial charge in [0.2, 0.25) is 11.3 Å². The molecule has 2 aromatic rings. The van der Waals surface area contributed by atoms with E-state index in [-0.39, 0.29) is 46.2 Å². The van der Waals surface area contributed by atoms with Crippen molar-refractivity contribution >= 4 is 28.8 Å². The molecule has 1 aliphatic carbocycles. The molecule has 1 unspecified atom stereocenters. The average molecular weight is 616 g/mol. The number of carbonyl (C=O) groups is 1. The van der Waals surface area contributed by atoms with Crippen LogP contribution in [0.15, 0.2) is 12.3 Å². The lowest BCUT2D eigenvalue weighted by Gasteiger charge is -2.28. The molecule has 0 saturated heterocycles. The fourth-order valence-corrected chi connectivity index (χ4v) is 5.36. The Hall–Kier alpha value is -2.36. The van der Waals surface area contributed by atoms with Gasteiger partial charge in [-0.3, -0.25) is 19.0 Å². The summed E-state index contributed by atoms with van der Waals surface area (Å²) in [7, 11) is 0. The van der Waals surface area contributed by atoms with Crippen LogP contribution in [0.2, 0.25) is 5.02 Å². The zero-order valence-corrected chi connectivity index (χ0v) is 23.6. The molecular weight excluding hydrogens is 585 g/mol. The molecule has 3 N–H and O–H groups in total. The van der Waals surface area contributed by atoms with Gasteiger partial charge in [0.25, 0.3) is 5.91 Å². The van der Waals surface area contributed by atoms with Crippen LogP contribution < -0.4 is 14.8 Å². The molecule has 0 aromatic carbocycles. The van der Waals surface area contributed by atoms with Gasteiger partial charge in [-0.15, -0.1) is 0 Å². The van der Waals surface area contributed by atoms with Crippen LogP contribution >= 0.6 is 11.6 Å². The lowest BCUT2D eigenvalue weighted by atomic mass is 9.86. The molecule has 40 heavy (non-hydrogen) atoms. The summed E-state index contributed by atoms with van der Waals surface area (Å²) in [6, 6.07) is 0.925. The van der Waals surface area contributed by atoms with Crippen molar-refractivity contribution in [2.24, 2.45) is 11.3 Å². The van der Waals surface area contributed by atoms with E-state index >= 15 is 0 Å². The number of rotatable bonds is 11. The molecule has 1 fully saturated rings. The molecular formula is C24H31ClF5N5O4S. The van der Waals surface area contributed by atoms with Crippen molar-refractivity contribution in [2.45, 2.75) is 78.2 Å². The monoisotopic (exact) mass is 615 g/mol. The van der Waals surface area contributed by atoms with Gasteiger partial charge in [-0.2, -0.15) is 27.1 Å². The van der Waals surface area contributed by atoms with E-state index < -0.39 is 47.5 Å². The minimum atomic E-state index is -4.56. The van der Waals surface area contributed by atoms with Gasteiger partial charge < -0.3 is 10.1 Å². The molecule has 9 nitrogen and oxygen atoms in total. The topological polar surface area (TPSA) is 118 Å². The van der Waals surface area contributed by atoms with E-state index in [9.17, 15) is 31.0 Å². The normalized spacial score (nSPS) is 19.1. The first kappa shape index (κ1) is 32.2. The fourth-order valence-electron chi connectivity index (χ4n) is 4.52. The van der Waals surface area contributed by atoms with Crippen LogP contribution in [0.3, 0.4) is 0 Å². The van der Waals surface area contributed by atoms with E-state index in [2.05, 4.69) is 24.9 Å². The third-order valence-electron chi connectivity index (χ3n) is 6.86. The van der Waals surface area contributed by atoms with Gasteiger partial charge in [0, 0.05) is 43.5 Å². The second-order valence-corrected chi connectivity index (χ2v) is 11.3. The van der Waals surface area contributed by atoms with Crippen molar-refractivity contribution < 1.29 is 40.2 Å². The number of pyridine rings is 1. The molecule has 16 heteroatoms. The summed E-state index contributed by atoms with van der Waals surface area (Å²) in [6.45, 7) is 0.841. The van der Waals surface area contributed by atoms with E-state index in [0.717, 1.165) is 39.0 Å². The van der Waals surface area contributed by atoms with E-state index in [1.165, 1.54) is 4.68 Å². The largest absolute Gasteiger partial charge is 0.434 e. The van der Waals surface area contributed by atoms with Crippen LogP contribution in [0.1, 0.15) is 62.6 Å². The molecule has 0 aliphatic heterocycles. The number of hydrogen-bond acceptors (Lipinski definition) is 5. The maximum atomic E-state index is 13.4. The lowest BCUT2D eigenvalue weighted by molar-refractivity contribution is -0.211. The van der Waals surface area contributed by atoms with Crippen LogP contribution in [0.4, 0.5) is 22.0 Å². The van der Waals surface area contributed by atoms with Crippen molar-refractivity contribution in [3.63, 3.8) is 0 Å². The second kappa shape index (κ2) is 13.1. The Morgan fingerprint density at radius 3 is 2.48 bits per heavy atom. The van der Waals surface area contributed by atoms with E-state index in [4.69, 9.17) is 16.2 Å². The van der Waals surface area contributed by atoms with Gasteiger partial charge >= 0.3 is 12.8 Å². The van der Waals surface area contributed by atoms with Crippen LogP contribution in [0, 0.1) is 11.3 Å². The standard InChI is InChI=1S/C24H31ClF5N5O4S/c1-4-35-20(16-12-31-15(9-17(16)39-22(26)27)10-23(2,3)24(28,29)30)18(25)19(33-35)21(36)32-11-13-5-7-14(8-6-13)34-40(37)38/h9,12-14,22,34H,4-8,10-11H2,1-3H3,(H,32,36)(H,37,38). The number of nitrogens with zero attached hydrogens (tertiary/aromatic N) is 3. The average Bonchev–Trinajstić information content (AvgIpc) is 3.18. The maximum absolute atomic E-state index is 13.4. The molecule has 0 spiro atoms. The summed E-state index contributed by atoms with van der Waals surface area (Å²) in [5, 5.41) is 6.85. The van der Waals surface area contributed by atoms with Crippen molar-refractivity contribution in [3.05, 3.63) is 28.7 Å². The Morgan fingerprint density at radius 1 is 1.27 bits per heavy atom. The van der Waals surface area contributed by atoms with Gasteiger partial charge in [0.05, 0.1) is 21.7 Å². The molecule has 224 valence electrons. The number of hydrogen-bond donors (Lipinski definition) is 3. The van der Waals surface area contributed by atoms with Crippen molar-refractivity contribution in [2.75, 3.05) is 6.54 Å². The number of alkyl halides is 5. The molecule has 1 amide bonds. The van der Waals surface area contributed by atoms with Crippen LogP contribution in [0.25, 0.3) is 11.3 Å². The first-order valence-corrected chi connectivity index (χ1v) is 14.0. The van der Waals surface area contributed by atoms with E-state index in [1.54, 1.807) is 6.92 Å². The minimum absolute atomic E-state index is 0.0562. The first-order valence-electron chi connectivity index (χ1n) is 12.5. The highest BCUT2D eigenvalue weighted by molar-refractivity contribution is 7.77. The van der Waals surface area contributed by atoms with E-state index in [0.29, 0.717) is 19.4 Å². The van der Waals surface area contributed by atoms with Gasteiger partial charge in [-0.1, -0.05) is 25.4 Å². The van der Waals surface area contributed by atoms with Gasteiger partial charge in [0.15, 0.2) is 5.69 Å². The number of carbonyl (C=O) groups excluding carboxylic acids is 1. The third kappa shape index (κ3) is 7.89. The van der Waals surface area contributed by atoms with Crippen LogP contribution in [-0.4, -0.2) is 54.8 Å². The Bertz CT molecular complexity index is 1220. The molecule has 1 saturated carbocycles. The summed E-state index contributed by atoms with van der Waals surface area (Å²) in [5.74, 6) is -0.914. The smallest absolute Gasteiger partial charge is 0.394 e. The third-order valence-corrected chi connectivity index (χ3v) is 7.75. The lowest BCUT2D eigenvalue weighted by Crippen LogP contribution is -2.37. The first-order chi connectivity index (χ1) is 18.6. The molecule has 0 radical (unpaired) electrons. The number of nitrogens with one attached hydrogen (secondary N) is 2. The number of aryl methyl sites for hydroxylation is 1. The summed E-state index contributed by atoms with van der Waals surface area (Å²) in [4.78, 5) is 17.0. The highest BCUT2D eigenvalue weighted by atomic mass is 35.5. The highest BCUT2D eigenvalue weighted by Crippen LogP contribution is 2.42. The Morgan fingerprint density at radius 2 is 1.93 bits per heavy atom. The molecule has 3 rings (SSSR count). The molecule has 2 heterocycles. The quantitative estimate of drug-likeness (QED) is 0.231. The highest BCUT2D eigenvalue weighted by Gasteiger charge is 2.47. The molecule has 0 bridgehead atoms. The summed E-state index contributed by atoms with van der Waals surface area (Å²) < 4.78 is 95.1. The van der Waals surface area contributed by atoms with Gasteiger partial charge in [-0.05, 0) is 38.5 Å². The number of ether oxygens (including phenoxy) is 1. The van der Waals surface area contributed by atoms with E-state index in [1.807, 2.05) is 0 Å². The van der Waals surface area contributed by atoms with Gasteiger partial charge in [-0.25, -0.2) is 8.93 Å². The Balaban J connectivity index is 1.83. The second-order valence-electron chi connectivity index (χ2n) is 10.2. The van der Waals surface area contributed by atoms with Gasteiger partial charge in [0.1, 0.15) is 5.75 Å². The maximum Gasteiger partial charge on any atom is 0.394 e. The fraction of sp³-hybridized carbons (Fsp3) is 0.625. The summed E-state index contributed by atoms with van der Waals surface area (Å²) >= 11 is 4.43.